The third-order valence-corrected chi connectivity index (χ3v) is 13.7. The van der Waals surface area contributed by atoms with Crippen LogP contribution in [0.1, 0.15) is 68.2 Å². The number of hydrogen-bond donors (Lipinski definition) is 0. The summed E-state index contributed by atoms with van der Waals surface area (Å²) in [5.41, 5.74) is 14.9. The van der Waals surface area contributed by atoms with Crippen LogP contribution in [0.15, 0.2) is 168 Å². The quantitative estimate of drug-likeness (QED) is 0.175. The minimum absolute atomic E-state index is 0.351. The van der Waals surface area contributed by atoms with Crippen LogP contribution in [0.3, 0.4) is 0 Å². The molecule has 5 aliphatic rings. The highest BCUT2D eigenvalue weighted by Crippen LogP contribution is 2.65. The molecule has 0 unspecified atom stereocenters. The Morgan fingerprint density at radius 1 is 0.714 bits per heavy atom. The molecule has 1 aliphatic heterocycles. The molecule has 4 heteroatoms. The molecule has 0 radical (unpaired) electrons. The van der Waals surface area contributed by atoms with Gasteiger partial charge in [0.05, 0.1) is 5.41 Å². The lowest BCUT2D eigenvalue weighted by Gasteiger charge is -2.36. The van der Waals surface area contributed by atoms with Crippen molar-refractivity contribution in [3.05, 3.63) is 200 Å². The Morgan fingerprint density at radius 3 is 2.07 bits per heavy atom. The van der Waals surface area contributed by atoms with E-state index in [1.54, 1.807) is 0 Å². The second-order valence-electron chi connectivity index (χ2n) is 15.2. The van der Waals surface area contributed by atoms with E-state index >= 15 is 0 Å². The molecule has 0 fully saturated rings. The Kier molecular flexibility index (Phi) is 7.56. The summed E-state index contributed by atoms with van der Waals surface area (Å²) in [5.74, 6) is 3.53. The van der Waals surface area contributed by atoms with Crippen LogP contribution in [0.25, 0.3) is 50.1 Å². The molecule has 11 rings (SSSR count). The molecule has 1 spiro atoms. The standard InChI is InChI=1S/C52H41NO2S/c1-4-14-39-47(5-2)56-48-22-13-18-35(49(39)48)32-23-25-33(26-24-32)53(6-3)34-27-29-44-46(31-34)55-51-45(54-44)30-28-43-50(51)38-17-9-12-21-42(38)52(43)40-19-10-7-15-36(40)37-16-8-11-20-41(37)52/h5-26,31H,3-4,27-30H2,1-2H3/b39-14+,47-5+. The molecule has 2 heterocycles. The summed E-state index contributed by atoms with van der Waals surface area (Å²) in [4.78, 5) is 2.20. The maximum absolute atomic E-state index is 7.10. The summed E-state index contributed by atoms with van der Waals surface area (Å²) in [6.45, 7) is 8.62. The van der Waals surface area contributed by atoms with Crippen LogP contribution >= 0.6 is 11.3 Å². The molecule has 0 saturated carbocycles. The summed E-state index contributed by atoms with van der Waals surface area (Å²) >= 11 is 1.87. The van der Waals surface area contributed by atoms with Crippen LogP contribution in [-0.2, 0) is 14.9 Å². The van der Waals surface area contributed by atoms with E-state index in [9.17, 15) is 0 Å². The molecule has 56 heavy (non-hydrogen) atoms. The van der Waals surface area contributed by atoms with E-state index in [-0.39, 0.29) is 5.41 Å². The molecule has 6 aromatic rings. The van der Waals surface area contributed by atoms with E-state index in [0.29, 0.717) is 0 Å². The minimum Gasteiger partial charge on any atom is -0.458 e. The van der Waals surface area contributed by atoms with Crippen LogP contribution in [-0.4, -0.2) is 0 Å². The van der Waals surface area contributed by atoms with Gasteiger partial charge in [-0.3, -0.25) is 0 Å². The smallest absolute Gasteiger partial charge is 0.173 e. The molecule has 0 saturated heterocycles. The Labute approximate surface area is 331 Å². The first kappa shape index (κ1) is 33.3. The number of fused-ring (bicyclic) bond motifs is 11. The van der Waals surface area contributed by atoms with Crippen molar-refractivity contribution in [1.29, 1.82) is 0 Å². The number of ether oxygens (including phenoxy) is 2. The van der Waals surface area contributed by atoms with Gasteiger partial charge >= 0.3 is 0 Å². The number of anilines is 1. The lowest BCUT2D eigenvalue weighted by atomic mass is 9.68. The fourth-order valence-corrected chi connectivity index (χ4v) is 11.3. The Morgan fingerprint density at radius 2 is 1.38 bits per heavy atom. The normalized spacial score (nSPS) is 17.9. The van der Waals surface area contributed by atoms with Crippen molar-refractivity contribution in [3.63, 3.8) is 0 Å². The van der Waals surface area contributed by atoms with Gasteiger partial charge in [-0.25, -0.2) is 0 Å². The van der Waals surface area contributed by atoms with Crippen LogP contribution in [0.5, 0.6) is 0 Å². The first-order valence-electron chi connectivity index (χ1n) is 19.9. The Hall–Kier alpha value is -6.10. The molecular weight excluding hydrogens is 703 g/mol. The highest BCUT2D eigenvalue weighted by Gasteiger charge is 2.55. The van der Waals surface area contributed by atoms with Crippen molar-refractivity contribution in [1.82, 2.24) is 0 Å². The van der Waals surface area contributed by atoms with Gasteiger partial charge in [0, 0.05) is 56.7 Å². The molecule has 1 aromatic heterocycles. The first-order valence-corrected chi connectivity index (χ1v) is 20.7. The van der Waals surface area contributed by atoms with Crippen molar-refractivity contribution in [2.75, 3.05) is 4.90 Å². The maximum atomic E-state index is 7.10. The Balaban J connectivity index is 0.957. The lowest BCUT2D eigenvalue weighted by molar-refractivity contribution is 0.169. The van der Waals surface area contributed by atoms with Gasteiger partial charge in [0.2, 0.25) is 0 Å². The van der Waals surface area contributed by atoms with E-state index in [1.165, 1.54) is 75.5 Å². The topological polar surface area (TPSA) is 21.7 Å². The molecule has 0 N–H and O–H groups in total. The third kappa shape index (κ3) is 4.57. The number of thiophene rings is 1. The van der Waals surface area contributed by atoms with E-state index < -0.39 is 0 Å². The second kappa shape index (κ2) is 12.7. The van der Waals surface area contributed by atoms with Crippen molar-refractivity contribution in [2.24, 2.45) is 0 Å². The van der Waals surface area contributed by atoms with Crippen molar-refractivity contribution in [2.45, 2.75) is 51.4 Å². The molecule has 272 valence electrons. The molecule has 3 nitrogen and oxygen atoms in total. The SMILES string of the molecule is C=CN(C1=CC2=C(CC1)OC1=C(O2)C2=C(CC1)C1(c3ccccc32)c2ccccc2-c2ccccc21)c1ccc(-c2cccc3sc(=C/C)/c(=C\CC)c23)cc1. The van der Waals surface area contributed by atoms with E-state index in [1.807, 2.05) is 17.5 Å². The van der Waals surface area contributed by atoms with E-state index in [0.717, 1.165) is 66.5 Å². The second-order valence-corrected chi connectivity index (χ2v) is 16.3. The van der Waals surface area contributed by atoms with Gasteiger partial charge in [-0.1, -0.05) is 123 Å². The lowest BCUT2D eigenvalue weighted by Crippen LogP contribution is -2.29. The third-order valence-electron chi connectivity index (χ3n) is 12.4. The molecule has 0 bridgehead atoms. The van der Waals surface area contributed by atoms with Gasteiger partial charge in [0.25, 0.3) is 0 Å². The average Bonchev–Trinajstić information content (AvgIpc) is 3.87. The predicted molar refractivity (Wildman–Crippen MR) is 232 cm³/mol. The zero-order valence-electron chi connectivity index (χ0n) is 31.7. The van der Waals surface area contributed by atoms with Crippen LogP contribution in [0, 0.1) is 0 Å². The van der Waals surface area contributed by atoms with Gasteiger partial charge in [0.1, 0.15) is 11.5 Å². The van der Waals surface area contributed by atoms with Crippen molar-refractivity contribution in [3.8, 4) is 22.3 Å². The van der Waals surface area contributed by atoms with Crippen LogP contribution < -0.4 is 14.7 Å². The number of benzene rings is 5. The van der Waals surface area contributed by atoms with Gasteiger partial charge in [0.15, 0.2) is 11.5 Å². The number of hydrogen-bond acceptors (Lipinski definition) is 4. The summed E-state index contributed by atoms with van der Waals surface area (Å²) in [7, 11) is 0. The van der Waals surface area contributed by atoms with Gasteiger partial charge in [-0.15, -0.1) is 11.3 Å². The first-order chi connectivity index (χ1) is 27.6. The van der Waals surface area contributed by atoms with Gasteiger partial charge in [-0.05, 0) is 99.7 Å². The summed E-state index contributed by atoms with van der Waals surface area (Å²) in [6, 6.07) is 42.5. The van der Waals surface area contributed by atoms with Crippen LogP contribution in [0.4, 0.5) is 5.69 Å². The monoisotopic (exact) mass is 743 g/mol. The zero-order chi connectivity index (χ0) is 37.5. The maximum Gasteiger partial charge on any atom is 0.173 e. The van der Waals surface area contributed by atoms with E-state index in [2.05, 4.69) is 159 Å². The predicted octanol–water partition coefficient (Wildman–Crippen LogP) is 12.2. The summed E-state index contributed by atoms with van der Waals surface area (Å²) < 4.78 is 16.6. The van der Waals surface area contributed by atoms with Gasteiger partial charge in [-0.2, -0.15) is 0 Å². The highest BCUT2D eigenvalue weighted by molar-refractivity contribution is 7.17. The van der Waals surface area contributed by atoms with Gasteiger partial charge < -0.3 is 14.4 Å². The number of rotatable bonds is 5. The van der Waals surface area contributed by atoms with Crippen LogP contribution in [0.2, 0.25) is 0 Å². The molecule has 0 atom stereocenters. The largest absolute Gasteiger partial charge is 0.458 e. The van der Waals surface area contributed by atoms with Crippen molar-refractivity contribution < 1.29 is 9.47 Å². The summed E-state index contributed by atoms with van der Waals surface area (Å²) in [5, 5.41) is 2.69. The molecule has 5 aromatic carbocycles. The van der Waals surface area contributed by atoms with Crippen molar-refractivity contribution >= 4 is 44.8 Å². The summed E-state index contributed by atoms with van der Waals surface area (Å²) in [6.07, 6.45) is 13.0. The number of allylic oxidation sites excluding steroid dienone is 6. The van der Waals surface area contributed by atoms with E-state index in [4.69, 9.17) is 9.47 Å². The molecule has 0 amide bonds. The number of nitrogens with zero attached hydrogens (tertiary/aromatic N) is 1. The average molecular weight is 744 g/mol. The molecule has 4 aliphatic carbocycles. The zero-order valence-corrected chi connectivity index (χ0v) is 32.5. The Bertz CT molecular complexity index is 2890. The highest BCUT2D eigenvalue weighted by atomic mass is 32.1. The fraction of sp³-hybridized carbons (Fsp3) is 0.154. The fourth-order valence-electron chi connectivity index (χ4n) is 10.2. The molecular formula is C52H41NO2S. The minimum atomic E-state index is -0.351.